The molecule has 12 aromatic rings. The zero-order chi connectivity index (χ0) is 82.8. The molecule has 3 aromatic carbocycles. The van der Waals surface area contributed by atoms with Crippen LogP contribution in [0.15, 0.2) is 213 Å². The number of hydrogen-bond acceptors (Lipinski definition) is 23. The van der Waals surface area contributed by atoms with Crippen LogP contribution in [0.2, 0.25) is 0 Å². The number of nitrogens with zero attached hydrogens (tertiary/aromatic N) is 14. The van der Waals surface area contributed by atoms with E-state index in [9.17, 15) is 14.5 Å². The minimum atomic E-state index is -3.12. The van der Waals surface area contributed by atoms with E-state index in [4.69, 9.17) is 29.4 Å². The Kier molecular flexibility index (Phi) is 38.8. The number of hydrogen-bond donors (Lipinski definition) is 3. The number of phenolic OH excluding ortho intramolecular Hbond substituents is 1. The number of nitrogen functional groups attached to an aromatic ring is 1. The van der Waals surface area contributed by atoms with Crippen molar-refractivity contribution in [2.75, 3.05) is 135 Å². The second-order valence-corrected chi connectivity index (χ2v) is 29.3. The van der Waals surface area contributed by atoms with Crippen molar-refractivity contribution in [3.63, 3.8) is 0 Å². The molecule has 0 aliphatic carbocycles. The molecule has 26 heteroatoms. The van der Waals surface area contributed by atoms with Gasteiger partial charge in [0.2, 0.25) is 0 Å². The number of allylic oxidation sites excluding steroid dienone is 2. The van der Waals surface area contributed by atoms with E-state index in [0.717, 1.165) is 111 Å². The Morgan fingerprint density at radius 2 is 0.825 bits per heavy atom. The first-order valence-corrected chi connectivity index (χ1v) is 39.2. The molecule has 9 heterocycles. The molecule has 586 valence electrons. The SMILES string of the molecule is CCOP(=O)(Cc1ccc2cc(OC)ccc2n1)OCC.CN(C)c1ccc(C#C/C=C/c2ccc3cc(O)ccc3n2)cn1.CN(C)c1ccc(C#CC=O)cn1.CN(C)c1ccc(C#CCO)cn1.CN(C)c1ccc(I)cn1.COc1ccc2nc(/C=C/C#Cc3ccc(N(C)C)nc3)ccc2c1.Nc1ccc(I)cn1. The van der Waals surface area contributed by atoms with Gasteiger partial charge >= 0.3 is 7.60 Å². The van der Waals surface area contributed by atoms with E-state index < -0.39 is 7.60 Å². The maximum Gasteiger partial charge on any atom is 0.336 e. The smallest absolute Gasteiger partial charge is 0.336 e. The molecule has 0 amide bonds. The summed E-state index contributed by atoms with van der Waals surface area (Å²) >= 11 is 4.42. The standard InChI is InChI=1S/C21H19N3O.C20H17N3O.C15H20NO4P.C10H12N2O.C10H10N2O.C7H9IN2.C5H5IN2/c1-24(2)21-13-8-16(15-22-21)6-4-5-7-18-10-9-17-14-19(25-3)11-12-20(17)23-18;1-23(2)20-12-7-15(14-21-20)5-3-4-6-17-9-8-16-13-18(24)10-11-19(16)22-17;1-4-19-21(17,20-5-2)11-13-7-6-12-10-14(18-3)8-9-15(12)16-13;2*1-12(2)10-6-5-9(8-11-10)4-3-7-13;1-10(2)7-4-3-6(8)5-9-7;6-4-1-2-5(7)8-3-4/h5,7-15H,1-3H3;4,6-14,24H,1-2H3;6-10H,4-5,11H2,1-3H3;5-6,8,13H,7H2,1-2H3;5-8H,1-2H3;3-5H,1-2H3;1-3H,(H2,7,8)/b7-5+;6-4+;;;;;. The molecule has 0 spiro atoms. The summed E-state index contributed by atoms with van der Waals surface area (Å²) in [5.74, 6) is 29.5. The number of aromatic nitrogens is 9. The van der Waals surface area contributed by atoms with E-state index in [1.54, 1.807) is 95.5 Å². The summed E-state index contributed by atoms with van der Waals surface area (Å²) in [6, 6.07) is 51.2. The summed E-state index contributed by atoms with van der Waals surface area (Å²) in [5.41, 5.74) is 13.6. The molecular weight excluding hydrogens is 1680 g/mol. The van der Waals surface area contributed by atoms with Gasteiger partial charge in [0.05, 0.1) is 67.2 Å². The van der Waals surface area contributed by atoms with Crippen molar-refractivity contribution < 1.29 is 38.1 Å². The van der Waals surface area contributed by atoms with Gasteiger partial charge in [0.1, 0.15) is 58.8 Å². The number of carbonyl (C=O) groups is 1. The Hall–Kier alpha value is -12.1. The van der Waals surface area contributed by atoms with Crippen LogP contribution in [0, 0.1) is 54.5 Å². The van der Waals surface area contributed by atoms with Gasteiger partial charge in [-0.1, -0.05) is 59.6 Å². The van der Waals surface area contributed by atoms with Gasteiger partial charge in [-0.3, -0.25) is 14.3 Å². The number of aliphatic hydroxyl groups is 1. The molecule has 0 radical (unpaired) electrons. The van der Waals surface area contributed by atoms with E-state index in [1.165, 1.54) is 3.57 Å². The lowest BCUT2D eigenvalue weighted by Crippen LogP contribution is -2.10. The second kappa shape index (κ2) is 48.7. The van der Waals surface area contributed by atoms with Crippen LogP contribution in [0.25, 0.3) is 44.9 Å². The summed E-state index contributed by atoms with van der Waals surface area (Å²) in [6.45, 7) is 4.18. The van der Waals surface area contributed by atoms with Crippen molar-refractivity contribution in [1.82, 2.24) is 44.9 Å². The Morgan fingerprint density at radius 3 is 1.18 bits per heavy atom. The second-order valence-electron chi connectivity index (χ2n) is 24.8. The lowest BCUT2D eigenvalue weighted by Gasteiger charge is -2.16. The molecule has 23 nitrogen and oxygen atoms in total. The van der Waals surface area contributed by atoms with Gasteiger partial charge in [0.25, 0.3) is 0 Å². The van der Waals surface area contributed by atoms with Crippen LogP contribution in [0.3, 0.4) is 0 Å². The fraction of sp³-hybridized carbons (Fsp3) is 0.205. The Bertz CT molecular complexity index is 5370. The molecular formula is C88H92I2N15O8P. The fourth-order valence-corrected chi connectivity index (χ4v) is 11.6. The average Bonchev–Trinajstić information content (AvgIpc) is 0.837. The first-order chi connectivity index (χ1) is 54.8. The maximum absolute atomic E-state index is 12.5. The van der Waals surface area contributed by atoms with Gasteiger partial charge in [-0.2, -0.15) is 0 Å². The highest BCUT2D eigenvalue weighted by Crippen LogP contribution is 2.51. The summed E-state index contributed by atoms with van der Waals surface area (Å²) in [4.78, 5) is 58.3. The summed E-state index contributed by atoms with van der Waals surface area (Å²) in [7, 11) is 19.7. The molecule has 0 fully saturated rings. The lowest BCUT2D eigenvalue weighted by molar-refractivity contribution is -0.103. The third-order valence-electron chi connectivity index (χ3n) is 15.0. The normalized spacial score (nSPS) is 10.1. The quantitative estimate of drug-likeness (QED) is 0.0372. The molecule has 9 aromatic heterocycles. The van der Waals surface area contributed by atoms with E-state index in [2.05, 4.69) is 137 Å². The number of anilines is 6. The monoisotopic (exact) mass is 1770 g/mol. The first kappa shape index (κ1) is 90.8. The highest BCUT2D eigenvalue weighted by Gasteiger charge is 2.25. The van der Waals surface area contributed by atoms with Crippen LogP contribution in [-0.4, -0.2) is 166 Å². The van der Waals surface area contributed by atoms with Gasteiger partial charge in [-0.25, -0.2) is 39.9 Å². The van der Waals surface area contributed by atoms with Crippen molar-refractivity contribution in [2.45, 2.75) is 20.0 Å². The number of rotatable bonds is 15. The van der Waals surface area contributed by atoms with E-state index >= 15 is 0 Å². The average molecular weight is 1770 g/mol. The number of aromatic hydroxyl groups is 1. The van der Waals surface area contributed by atoms with Crippen LogP contribution in [0.5, 0.6) is 17.2 Å². The zero-order valence-electron chi connectivity index (χ0n) is 66.2. The predicted molar refractivity (Wildman–Crippen MR) is 480 cm³/mol. The molecule has 0 saturated carbocycles. The van der Waals surface area contributed by atoms with Gasteiger partial charge in [0.15, 0.2) is 6.29 Å². The van der Waals surface area contributed by atoms with Crippen molar-refractivity contribution in [3.8, 4) is 64.6 Å². The van der Waals surface area contributed by atoms with Gasteiger partial charge in [-0.15, -0.1) is 0 Å². The zero-order valence-corrected chi connectivity index (χ0v) is 71.4. The van der Waals surface area contributed by atoms with E-state index in [1.807, 2.05) is 253 Å². The van der Waals surface area contributed by atoms with Crippen LogP contribution < -0.4 is 39.7 Å². The van der Waals surface area contributed by atoms with Crippen molar-refractivity contribution in [3.05, 3.63) is 260 Å². The number of benzene rings is 3. The number of nitrogens with two attached hydrogens (primary N) is 1. The van der Waals surface area contributed by atoms with Crippen molar-refractivity contribution in [2.24, 2.45) is 0 Å². The number of phenols is 1. The van der Waals surface area contributed by atoms with Gasteiger partial charge in [0, 0.05) is 153 Å². The Balaban J connectivity index is 0.000000214. The van der Waals surface area contributed by atoms with E-state index in [0.29, 0.717) is 31.0 Å². The Morgan fingerprint density at radius 1 is 0.447 bits per heavy atom. The molecule has 0 bridgehead atoms. The number of carbonyl (C=O) groups excluding carboxylic acids is 1. The lowest BCUT2D eigenvalue weighted by atomic mass is 10.2. The molecule has 0 unspecified atom stereocenters. The Labute approximate surface area is 695 Å². The van der Waals surface area contributed by atoms with Gasteiger partial charge in [-0.05, 0) is 235 Å². The predicted octanol–water partition coefficient (Wildman–Crippen LogP) is 15.5. The molecule has 12 rings (SSSR count). The molecule has 0 aliphatic rings. The highest BCUT2D eigenvalue weighted by atomic mass is 127. The summed E-state index contributed by atoms with van der Waals surface area (Å²) in [5, 5.41) is 20.9. The molecule has 0 aliphatic heterocycles. The topological polar surface area (TPSA) is 270 Å². The third-order valence-corrected chi connectivity index (χ3v) is 18.3. The minimum Gasteiger partial charge on any atom is -0.508 e. The number of aldehydes is 1. The molecule has 0 saturated heterocycles. The molecule has 4 N–H and O–H groups in total. The maximum atomic E-state index is 12.5. The van der Waals surface area contributed by atoms with Crippen LogP contribution in [-0.2, 0) is 24.6 Å². The molecule has 0 atom stereocenters. The number of fused-ring (bicyclic) bond motifs is 3. The first-order valence-electron chi connectivity index (χ1n) is 35.3. The number of aliphatic hydroxyl groups excluding tert-OH is 1. The van der Waals surface area contributed by atoms with Gasteiger partial charge < -0.3 is 59.0 Å². The van der Waals surface area contributed by atoms with E-state index in [-0.39, 0.29) is 18.5 Å². The minimum absolute atomic E-state index is 0.116. The number of pyridine rings is 9. The van der Waals surface area contributed by atoms with Crippen molar-refractivity contribution >= 4 is 139 Å². The number of methoxy groups -OCH3 is 2. The van der Waals surface area contributed by atoms with Crippen LogP contribution in [0.1, 0.15) is 53.2 Å². The fourth-order valence-electron chi connectivity index (χ4n) is 9.32. The number of ether oxygens (including phenoxy) is 2. The highest BCUT2D eigenvalue weighted by molar-refractivity contribution is 14.1. The van der Waals surface area contributed by atoms with Crippen LogP contribution in [0.4, 0.5) is 34.9 Å². The summed E-state index contributed by atoms with van der Waals surface area (Å²) < 4.78 is 35.8. The third kappa shape index (κ3) is 32.7. The molecule has 114 heavy (non-hydrogen) atoms. The van der Waals surface area contributed by atoms with Crippen molar-refractivity contribution in [1.29, 1.82) is 0 Å². The summed E-state index contributed by atoms with van der Waals surface area (Å²) in [6.07, 6.45) is 18.5. The largest absolute Gasteiger partial charge is 0.508 e. The number of halogens is 2. The van der Waals surface area contributed by atoms with Crippen LogP contribution >= 0.6 is 52.8 Å².